The molecule has 0 unspecified atom stereocenters. The Morgan fingerprint density at radius 1 is 1.32 bits per heavy atom. The van der Waals surface area contributed by atoms with Crippen LogP contribution in [0.1, 0.15) is 12.8 Å². The van der Waals surface area contributed by atoms with Crippen LogP contribution in [0.2, 0.25) is 0 Å². The average molecular weight is 279 g/mol. The number of sulfone groups is 1. The van der Waals surface area contributed by atoms with E-state index in [0.29, 0.717) is 10.8 Å². The Morgan fingerprint density at radius 2 is 1.89 bits per heavy atom. The number of carbonyl (C=O) groups excluding carboxylic acids is 1. The molecule has 2 fully saturated rings. The van der Waals surface area contributed by atoms with Crippen LogP contribution in [0.5, 0.6) is 0 Å². The second-order valence-electron chi connectivity index (χ2n) is 5.62. The van der Waals surface area contributed by atoms with Gasteiger partial charge in [0.2, 0.25) is 5.91 Å². The van der Waals surface area contributed by atoms with Gasteiger partial charge in [0.1, 0.15) is 0 Å². The van der Waals surface area contributed by atoms with Gasteiger partial charge in [-0.25, -0.2) is 8.42 Å². The maximum atomic E-state index is 12.1. The van der Waals surface area contributed by atoms with Crippen molar-refractivity contribution in [3.8, 4) is 0 Å². The second kappa shape index (κ2) is 4.07. The van der Waals surface area contributed by atoms with Crippen molar-refractivity contribution >= 4 is 15.7 Å². The van der Waals surface area contributed by atoms with Crippen molar-refractivity contribution < 1.29 is 13.2 Å². The van der Waals surface area contributed by atoms with E-state index < -0.39 is 9.84 Å². The van der Waals surface area contributed by atoms with Crippen LogP contribution in [0.4, 0.5) is 0 Å². The summed E-state index contributed by atoms with van der Waals surface area (Å²) in [5, 5.41) is 0. The van der Waals surface area contributed by atoms with Gasteiger partial charge in [-0.15, -0.1) is 0 Å². The predicted octanol–water partition coefficient (Wildman–Crippen LogP) is 1.33. The van der Waals surface area contributed by atoms with E-state index in [1.807, 2.05) is 0 Å². The molecule has 1 amide bonds. The second-order valence-corrected chi connectivity index (χ2v) is 7.73. The van der Waals surface area contributed by atoms with Crippen LogP contribution in [0.3, 0.4) is 0 Å². The number of amides is 1. The van der Waals surface area contributed by atoms with E-state index in [9.17, 15) is 13.2 Å². The average Bonchev–Trinajstić information content (AvgIpc) is 3.25. The summed E-state index contributed by atoms with van der Waals surface area (Å²) in [6.45, 7) is 0.268. The zero-order valence-electron chi connectivity index (χ0n) is 10.9. The summed E-state index contributed by atoms with van der Waals surface area (Å²) in [5.74, 6) is 0.703. The quantitative estimate of drug-likeness (QED) is 0.817. The number of fused-ring (bicyclic) bond motifs is 1. The van der Waals surface area contributed by atoms with Crippen molar-refractivity contribution in [1.82, 2.24) is 4.90 Å². The van der Waals surface area contributed by atoms with Crippen molar-refractivity contribution in [3.63, 3.8) is 0 Å². The minimum absolute atomic E-state index is 0.0139. The fourth-order valence-corrected chi connectivity index (χ4v) is 3.86. The summed E-state index contributed by atoms with van der Waals surface area (Å²) in [5.41, 5.74) is -0.0781. The molecule has 5 heteroatoms. The van der Waals surface area contributed by atoms with Gasteiger partial charge in [0.15, 0.2) is 9.84 Å². The van der Waals surface area contributed by atoms with Gasteiger partial charge in [-0.05, 0) is 30.9 Å². The van der Waals surface area contributed by atoms with Crippen LogP contribution in [0, 0.1) is 11.3 Å². The van der Waals surface area contributed by atoms with Crippen LogP contribution in [-0.2, 0) is 14.6 Å². The molecule has 0 heterocycles. The van der Waals surface area contributed by atoms with Crippen molar-refractivity contribution in [2.24, 2.45) is 11.3 Å². The highest BCUT2D eigenvalue weighted by molar-refractivity contribution is 7.91. The third-order valence-corrected chi connectivity index (χ3v) is 5.96. The maximum Gasteiger partial charge on any atom is 0.228 e. The minimum atomic E-state index is -3.29. The molecule has 0 atom stereocenters. The SMILES string of the molecule is CN(CCS(=O)(=O)c1ccccc1)C(=O)C12CC1C2. The van der Waals surface area contributed by atoms with Crippen molar-refractivity contribution in [1.29, 1.82) is 0 Å². The lowest BCUT2D eigenvalue weighted by atomic mass is 10.2. The first-order valence-electron chi connectivity index (χ1n) is 6.49. The maximum absolute atomic E-state index is 12.1. The normalized spacial score (nSPS) is 27.5. The molecule has 0 radical (unpaired) electrons. The lowest BCUT2D eigenvalue weighted by molar-refractivity contribution is -0.133. The summed E-state index contributed by atoms with van der Waals surface area (Å²) in [6.07, 6.45) is 2.00. The highest BCUT2D eigenvalue weighted by Gasteiger charge is 2.75. The van der Waals surface area contributed by atoms with Gasteiger partial charge < -0.3 is 4.90 Å². The topological polar surface area (TPSA) is 54.5 Å². The molecule has 1 aromatic rings. The number of hydrogen-bond donors (Lipinski definition) is 0. The highest BCUT2D eigenvalue weighted by atomic mass is 32.2. The molecule has 4 nitrogen and oxygen atoms in total. The Kier molecular flexibility index (Phi) is 2.71. The number of rotatable bonds is 5. The molecule has 0 aromatic heterocycles. The third kappa shape index (κ3) is 2.16. The van der Waals surface area contributed by atoms with Crippen LogP contribution in [0.15, 0.2) is 35.2 Å². The molecule has 2 aliphatic carbocycles. The van der Waals surface area contributed by atoms with Gasteiger partial charge in [-0.2, -0.15) is 0 Å². The first-order chi connectivity index (χ1) is 8.96. The highest BCUT2D eigenvalue weighted by Crippen LogP contribution is 2.75. The number of benzene rings is 1. The van der Waals surface area contributed by atoms with E-state index in [0.717, 1.165) is 12.8 Å². The minimum Gasteiger partial charge on any atom is -0.344 e. The Balaban J connectivity index is 1.61. The molecule has 19 heavy (non-hydrogen) atoms. The van der Waals surface area contributed by atoms with E-state index in [1.54, 1.807) is 42.3 Å². The largest absolute Gasteiger partial charge is 0.344 e. The summed E-state index contributed by atoms with van der Waals surface area (Å²) >= 11 is 0. The number of hydrogen-bond acceptors (Lipinski definition) is 3. The van der Waals surface area contributed by atoms with Gasteiger partial charge in [0.05, 0.1) is 16.1 Å². The molecular weight excluding hydrogens is 262 g/mol. The van der Waals surface area contributed by atoms with Crippen LogP contribution < -0.4 is 0 Å². The standard InChI is InChI=1S/C14H17NO3S/c1-15(13(16)14-9-11(14)10-14)7-8-19(17,18)12-5-3-2-4-6-12/h2-6,11H,7-10H2,1H3. The Hall–Kier alpha value is -1.36. The molecule has 3 rings (SSSR count). The first kappa shape index (κ1) is 12.7. The molecule has 0 N–H and O–H groups in total. The molecule has 2 aliphatic rings. The van der Waals surface area contributed by atoms with E-state index in [4.69, 9.17) is 0 Å². The van der Waals surface area contributed by atoms with Crippen molar-refractivity contribution in [3.05, 3.63) is 30.3 Å². The van der Waals surface area contributed by atoms with Gasteiger partial charge in [0.25, 0.3) is 0 Å². The third-order valence-electron chi connectivity index (χ3n) is 4.25. The van der Waals surface area contributed by atoms with Gasteiger partial charge in [-0.3, -0.25) is 4.79 Å². The number of nitrogens with zero attached hydrogens (tertiary/aromatic N) is 1. The molecular formula is C14H17NO3S. The number of carbonyl (C=O) groups is 1. The van der Waals surface area contributed by atoms with Crippen LogP contribution in [-0.4, -0.2) is 38.6 Å². The van der Waals surface area contributed by atoms with E-state index in [-0.39, 0.29) is 23.6 Å². The Bertz CT molecular complexity index is 603. The molecule has 1 aromatic carbocycles. The van der Waals surface area contributed by atoms with Gasteiger partial charge in [-0.1, -0.05) is 18.2 Å². The van der Waals surface area contributed by atoms with Crippen LogP contribution in [0.25, 0.3) is 0 Å². The lowest BCUT2D eigenvalue weighted by Crippen LogP contribution is -2.34. The smallest absolute Gasteiger partial charge is 0.228 e. The molecule has 0 spiro atoms. The Morgan fingerprint density at radius 3 is 2.42 bits per heavy atom. The van der Waals surface area contributed by atoms with Gasteiger partial charge in [0, 0.05) is 13.6 Å². The van der Waals surface area contributed by atoms with E-state index >= 15 is 0 Å². The monoisotopic (exact) mass is 279 g/mol. The molecule has 0 aliphatic heterocycles. The molecule has 0 bridgehead atoms. The predicted molar refractivity (Wildman–Crippen MR) is 71.3 cm³/mol. The summed E-state index contributed by atoms with van der Waals surface area (Å²) in [7, 11) is -1.59. The molecule has 0 saturated heterocycles. The summed E-state index contributed by atoms with van der Waals surface area (Å²) in [6, 6.07) is 8.38. The fraction of sp³-hybridized carbons (Fsp3) is 0.500. The summed E-state index contributed by atoms with van der Waals surface area (Å²) < 4.78 is 24.2. The van der Waals surface area contributed by atoms with Crippen molar-refractivity contribution in [2.75, 3.05) is 19.3 Å². The van der Waals surface area contributed by atoms with E-state index in [2.05, 4.69) is 0 Å². The van der Waals surface area contributed by atoms with Crippen molar-refractivity contribution in [2.45, 2.75) is 17.7 Å². The first-order valence-corrected chi connectivity index (χ1v) is 8.14. The summed E-state index contributed by atoms with van der Waals surface area (Å²) in [4.78, 5) is 14.0. The Labute approximate surface area is 113 Å². The molecule has 2 saturated carbocycles. The van der Waals surface area contributed by atoms with Gasteiger partial charge >= 0.3 is 0 Å². The zero-order chi connectivity index (χ0) is 13.7. The lowest BCUT2D eigenvalue weighted by Gasteiger charge is -2.18. The van der Waals surface area contributed by atoms with E-state index in [1.165, 1.54) is 0 Å². The van der Waals surface area contributed by atoms with Crippen LogP contribution >= 0.6 is 0 Å². The molecule has 102 valence electrons. The fourth-order valence-electron chi connectivity index (χ4n) is 2.54. The zero-order valence-corrected chi connectivity index (χ0v) is 11.7.